The summed E-state index contributed by atoms with van der Waals surface area (Å²) in [5.74, 6) is 0.981. The molecular weight excluding hydrogens is 420 g/mol. The number of methoxy groups -OCH3 is 2. The van der Waals surface area contributed by atoms with Crippen LogP contribution in [0.1, 0.15) is 36.8 Å². The van der Waals surface area contributed by atoms with E-state index in [1.165, 1.54) is 0 Å². The van der Waals surface area contributed by atoms with E-state index in [1.54, 1.807) is 25.3 Å². The van der Waals surface area contributed by atoms with E-state index < -0.39 is 0 Å². The van der Waals surface area contributed by atoms with Gasteiger partial charge in [0.05, 0.1) is 14.2 Å². The van der Waals surface area contributed by atoms with Crippen LogP contribution < -0.4 is 20.1 Å². The van der Waals surface area contributed by atoms with E-state index in [0.717, 1.165) is 29.7 Å². The lowest BCUT2D eigenvalue weighted by Gasteiger charge is -2.24. The first-order valence-corrected chi connectivity index (χ1v) is 11.4. The largest absolute Gasteiger partial charge is 0.497 e. The first-order valence-electron chi connectivity index (χ1n) is 11.4. The maximum atomic E-state index is 12.8. The van der Waals surface area contributed by atoms with Crippen molar-refractivity contribution in [3.63, 3.8) is 0 Å². The summed E-state index contributed by atoms with van der Waals surface area (Å²) in [4.78, 5) is 31.6. The maximum absolute atomic E-state index is 12.8. The Morgan fingerprint density at radius 1 is 1.06 bits per heavy atom. The fourth-order valence-corrected chi connectivity index (χ4v) is 3.97. The third-order valence-electron chi connectivity index (χ3n) is 6.04. The monoisotopic (exact) mass is 454 g/mol. The Hall–Kier alpha value is -3.13. The minimum absolute atomic E-state index is 0.000545. The number of amides is 2. The maximum Gasteiger partial charge on any atom is 0.223 e. The molecule has 2 aromatic rings. The molecule has 0 unspecified atom stereocenters. The van der Waals surface area contributed by atoms with Gasteiger partial charge in [-0.2, -0.15) is 0 Å². The summed E-state index contributed by atoms with van der Waals surface area (Å²) in [5, 5.41) is 6.53. The molecule has 1 aromatic carbocycles. The minimum atomic E-state index is -0.317. The molecule has 1 saturated heterocycles. The van der Waals surface area contributed by atoms with Crippen LogP contribution in [-0.4, -0.2) is 55.6 Å². The summed E-state index contributed by atoms with van der Waals surface area (Å²) in [6.45, 7) is 1.71. The number of nitrogens with one attached hydrogen (secondary N) is 2. The Labute approximate surface area is 195 Å². The molecule has 2 N–H and O–H groups in total. The second kappa shape index (κ2) is 12.2. The van der Waals surface area contributed by atoms with E-state index in [-0.39, 0.29) is 30.2 Å². The molecule has 0 saturated carbocycles. The minimum Gasteiger partial charge on any atom is -0.497 e. The highest BCUT2D eigenvalue weighted by atomic mass is 16.5. The van der Waals surface area contributed by atoms with Gasteiger partial charge in [0.15, 0.2) is 0 Å². The number of carbonyl (C=O) groups excluding carboxylic acids is 2. The van der Waals surface area contributed by atoms with Crippen LogP contribution in [0.4, 0.5) is 0 Å². The van der Waals surface area contributed by atoms with E-state index in [4.69, 9.17) is 9.47 Å². The zero-order valence-electron chi connectivity index (χ0n) is 19.7. The Morgan fingerprint density at radius 3 is 2.48 bits per heavy atom. The standard InChI is InChI=1S/C25H34N4O4/c1-29-17-21(26-15-19-9-12-23(33-3)27-16-19)6-4-5-20(13-24(29)30)25(31)28-14-18-7-10-22(32-2)11-8-18/h7-12,16,20-21,26H,4-6,13-15,17H2,1-3H3,(H,28,31)/t20-,21-/m1/s1. The second-order valence-corrected chi connectivity index (χ2v) is 8.46. The molecular formula is C25H34N4O4. The first-order chi connectivity index (χ1) is 16.0. The van der Waals surface area contributed by atoms with Gasteiger partial charge in [-0.15, -0.1) is 0 Å². The Bertz CT molecular complexity index is 902. The van der Waals surface area contributed by atoms with Gasteiger partial charge in [-0.1, -0.05) is 24.6 Å². The van der Waals surface area contributed by atoms with Gasteiger partial charge in [-0.25, -0.2) is 4.98 Å². The van der Waals surface area contributed by atoms with Crippen LogP contribution in [0.15, 0.2) is 42.6 Å². The Balaban J connectivity index is 1.52. The number of benzene rings is 1. The first kappa shape index (κ1) is 24.5. The number of carbonyl (C=O) groups is 2. The molecule has 33 heavy (non-hydrogen) atoms. The number of likely N-dealkylation sites (N-methyl/N-ethyl adjacent to an activating group) is 1. The third-order valence-corrected chi connectivity index (χ3v) is 6.04. The van der Waals surface area contributed by atoms with E-state index in [2.05, 4.69) is 15.6 Å². The van der Waals surface area contributed by atoms with Crippen molar-refractivity contribution in [2.45, 2.75) is 44.8 Å². The van der Waals surface area contributed by atoms with Gasteiger partial charge in [-0.3, -0.25) is 9.59 Å². The zero-order valence-corrected chi connectivity index (χ0v) is 19.7. The predicted molar refractivity (Wildman–Crippen MR) is 126 cm³/mol. The number of pyridine rings is 1. The number of rotatable bonds is 8. The lowest BCUT2D eigenvalue weighted by molar-refractivity contribution is -0.135. The van der Waals surface area contributed by atoms with Crippen molar-refractivity contribution in [1.29, 1.82) is 0 Å². The van der Waals surface area contributed by atoms with Crippen LogP contribution in [0.5, 0.6) is 11.6 Å². The highest BCUT2D eigenvalue weighted by Crippen LogP contribution is 2.20. The van der Waals surface area contributed by atoms with Gasteiger partial charge in [-0.05, 0) is 36.1 Å². The highest BCUT2D eigenvalue weighted by molar-refractivity contribution is 5.85. The van der Waals surface area contributed by atoms with Gasteiger partial charge in [0.1, 0.15) is 5.75 Å². The summed E-state index contributed by atoms with van der Waals surface area (Å²) in [5.41, 5.74) is 2.05. The highest BCUT2D eigenvalue weighted by Gasteiger charge is 2.27. The quantitative estimate of drug-likeness (QED) is 0.637. The molecule has 0 radical (unpaired) electrons. The van der Waals surface area contributed by atoms with E-state index >= 15 is 0 Å². The molecule has 0 spiro atoms. The number of hydrogen-bond donors (Lipinski definition) is 2. The summed E-state index contributed by atoms with van der Waals surface area (Å²) in [6, 6.07) is 11.6. The van der Waals surface area contributed by atoms with Crippen LogP contribution in [0.25, 0.3) is 0 Å². The molecule has 8 heteroatoms. The molecule has 2 heterocycles. The lowest BCUT2D eigenvalue weighted by atomic mass is 9.96. The van der Waals surface area contributed by atoms with E-state index in [9.17, 15) is 9.59 Å². The Kier molecular flexibility index (Phi) is 9.06. The molecule has 2 amide bonds. The number of nitrogens with zero attached hydrogens (tertiary/aromatic N) is 2. The van der Waals surface area contributed by atoms with Crippen molar-refractivity contribution in [2.24, 2.45) is 5.92 Å². The molecule has 1 aliphatic rings. The molecule has 8 nitrogen and oxygen atoms in total. The fraction of sp³-hybridized carbons (Fsp3) is 0.480. The van der Waals surface area contributed by atoms with Crippen LogP contribution >= 0.6 is 0 Å². The van der Waals surface area contributed by atoms with Gasteiger partial charge >= 0.3 is 0 Å². The van der Waals surface area contributed by atoms with Crippen LogP contribution in [-0.2, 0) is 22.7 Å². The van der Waals surface area contributed by atoms with E-state index in [1.807, 2.05) is 43.4 Å². The smallest absolute Gasteiger partial charge is 0.223 e. The van der Waals surface area contributed by atoms with Gasteiger partial charge in [0, 0.05) is 57.3 Å². The predicted octanol–water partition coefficient (Wildman–Crippen LogP) is 2.52. The third kappa shape index (κ3) is 7.46. The van der Waals surface area contributed by atoms with Crippen LogP contribution in [0.3, 0.4) is 0 Å². The average molecular weight is 455 g/mol. The molecule has 1 aromatic heterocycles. The van der Waals surface area contributed by atoms with Gasteiger partial charge in [0.25, 0.3) is 0 Å². The average Bonchev–Trinajstić information content (AvgIpc) is 2.91. The van der Waals surface area contributed by atoms with Crippen molar-refractivity contribution >= 4 is 11.8 Å². The summed E-state index contributed by atoms with van der Waals surface area (Å²) < 4.78 is 10.3. The normalized spacial score (nSPS) is 19.2. The van der Waals surface area contributed by atoms with Crippen molar-refractivity contribution in [1.82, 2.24) is 20.5 Å². The van der Waals surface area contributed by atoms with Gasteiger partial charge < -0.3 is 25.0 Å². The summed E-state index contributed by atoms with van der Waals surface area (Å²) >= 11 is 0. The second-order valence-electron chi connectivity index (χ2n) is 8.46. The van der Waals surface area contributed by atoms with Crippen molar-refractivity contribution in [2.75, 3.05) is 27.8 Å². The summed E-state index contributed by atoms with van der Waals surface area (Å²) in [7, 11) is 5.03. The topological polar surface area (TPSA) is 92.8 Å². The molecule has 3 rings (SSSR count). The zero-order chi connectivity index (χ0) is 23.6. The molecule has 1 fully saturated rings. The number of aromatic nitrogens is 1. The lowest BCUT2D eigenvalue weighted by Crippen LogP contribution is -2.41. The molecule has 2 atom stereocenters. The van der Waals surface area contributed by atoms with Crippen molar-refractivity contribution in [3.8, 4) is 11.6 Å². The molecule has 178 valence electrons. The van der Waals surface area contributed by atoms with Crippen LogP contribution in [0, 0.1) is 5.92 Å². The van der Waals surface area contributed by atoms with E-state index in [0.29, 0.717) is 31.9 Å². The molecule has 1 aliphatic heterocycles. The Morgan fingerprint density at radius 2 is 1.82 bits per heavy atom. The van der Waals surface area contributed by atoms with Crippen molar-refractivity contribution < 1.29 is 19.1 Å². The summed E-state index contributed by atoms with van der Waals surface area (Å²) in [6.07, 6.45) is 4.49. The number of hydrogen-bond acceptors (Lipinski definition) is 6. The molecule has 0 aliphatic carbocycles. The van der Waals surface area contributed by atoms with Gasteiger partial charge in [0.2, 0.25) is 17.7 Å². The molecule has 0 bridgehead atoms. The SMILES string of the molecule is COc1ccc(CNC(=O)[C@@H]2CCC[C@@H](NCc3ccc(OC)nc3)CN(C)C(=O)C2)cc1. The fourth-order valence-electron chi connectivity index (χ4n) is 3.97. The number of ether oxygens (including phenoxy) is 2. The van der Waals surface area contributed by atoms with Crippen LogP contribution in [0.2, 0.25) is 0 Å². The van der Waals surface area contributed by atoms with Crippen molar-refractivity contribution in [3.05, 3.63) is 53.7 Å².